The van der Waals surface area contributed by atoms with Gasteiger partial charge in [0.05, 0.1) is 0 Å². The summed E-state index contributed by atoms with van der Waals surface area (Å²) in [5.41, 5.74) is 2.63. The highest BCUT2D eigenvalue weighted by Gasteiger charge is 2.44. The number of piperidine rings is 1. The fraction of sp³-hybridized carbons (Fsp3) is 0.500. The molecule has 2 aliphatic rings. The third-order valence-electron chi connectivity index (χ3n) is 6.28. The molecule has 0 spiro atoms. The first-order valence-electron chi connectivity index (χ1n) is 10.8. The zero-order chi connectivity index (χ0) is 22.2. The first-order chi connectivity index (χ1) is 14.6. The van der Waals surface area contributed by atoms with Crippen LogP contribution in [-0.4, -0.2) is 50.2 Å². The molecule has 0 aromatic carbocycles. The van der Waals surface area contributed by atoms with Gasteiger partial charge in [-0.25, -0.2) is 4.98 Å². The summed E-state index contributed by atoms with van der Waals surface area (Å²) in [5, 5.41) is 22.7. The number of nitrogens with one attached hydrogen (secondary N) is 1. The standard InChI is InChI=1S/C24H31N5O2/c1-15-20(12-23(2,3)29-24(15,4)5)31-21-9-8-18(27-28-21)22-19(30)11-17(14-26-22)16-7-6-10-25-13-16/h7-9,11,13-15,20,29-30H,6,10,12H2,1-5H3/t15-,20-/m0/s1. The van der Waals surface area contributed by atoms with Gasteiger partial charge in [-0.15, -0.1) is 10.2 Å². The molecule has 31 heavy (non-hydrogen) atoms. The molecular formula is C24H31N5O2. The number of ether oxygens (including phenoxy) is 1. The average Bonchev–Trinajstić information content (AvgIpc) is 2.72. The minimum atomic E-state index is -0.0459. The number of aliphatic imine (C=N–C) groups is 1. The van der Waals surface area contributed by atoms with Crippen LogP contribution in [0.3, 0.4) is 0 Å². The van der Waals surface area contributed by atoms with Crippen molar-refractivity contribution >= 4 is 11.8 Å². The van der Waals surface area contributed by atoms with Crippen molar-refractivity contribution in [2.45, 2.75) is 64.6 Å². The molecule has 1 saturated heterocycles. The Labute approximate surface area is 183 Å². The van der Waals surface area contributed by atoms with Crippen molar-refractivity contribution in [3.63, 3.8) is 0 Å². The molecule has 2 aromatic heterocycles. The summed E-state index contributed by atoms with van der Waals surface area (Å²) < 4.78 is 6.24. The Morgan fingerprint density at radius 3 is 2.61 bits per heavy atom. The van der Waals surface area contributed by atoms with Crippen LogP contribution in [0, 0.1) is 5.92 Å². The highest BCUT2D eigenvalue weighted by Crippen LogP contribution is 2.36. The maximum absolute atomic E-state index is 10.5. The lowest BCUT2D eigenvalue weighted by Crippen LogP contribution is -2.64. The summed E-state index contributed by atoms with van der Waals surface area (Å²) in [7, 11) is 0. The lowest BCUT2D eigenvalue weighted by atomic mass is 9.73. The third-order valence-corrected chi connectivity index (χ3v) is 6.28. The Hall–Kier alpha value is -2.80. The first-order valence-corrected chi connectivity index (χ1v) is 10.8. The predicted molar refractivity (Wildman–Crippen MR) is 122 cm³/mol. The Bertz CT molecular complexity index is 1010. The van der Waals surface area contributed by atoms with E-state index in [0.717, 1.165) is 30.5 Å². The summed E-state index contributed by atoms with van der Waals surface area (Å²) in [6.07, 6.45) is 7.44. The smallest absolute Gasteiger partial charge is 0.233 e. The van der Waals surface area contributed by atoms with Gasteiger partial charge in [0, 0.05) is 54.0 Å². The lowest BCUT2D eigenvalue weighted by Gasteiger charge is -2.50. The predicted octanol–water partition coefficient (Wildman–Crippen LogP) is 4.04. The lowest BCUT2D eigenvalue weighted by molar-refractivity contribution is -0.000168. The fourth-order valence-corrected chi connectivity index (χ4v) is 4.50. The van der Waals surface area contributed by atoms with Crippen molar-refractivity contribution in [3.05, 3.63) is 36.0 Å². The molecule has 7 nitrogen and oxygen atoms in total. The van der Waals surface area contributed by atoms with Crippen molar-refractivity contribution in [3.8, 4) is 23.0 Å². The van der Waals surface area contributed by atoms with Crippen LogP contribution >= 0.6 is 0 Å². The van der Waals surface area contributed by atoms with E-state index in [9.17, 15) is 5.11 Å². The van der Waals surface area contributed by atoms with E-state index in [1.807, 2.05) is 6.21 Å². The van der Waals surface area contributed by atoms with Gasteiger partial charge in [0.25, 0.3) is 0 Å². The van der Waals surface area contributed by atoms with Gasteiger partial charge in [-0.05, 0) is 51.8 Å². The van der Waals surface area contributed by atoms with Gasteiger partial charge in [-0.2, -0.15) is 0 Å². The molecule has 0 saturated carbocycles. The van der Waals surface area contributed by atoms with Crippen LogP contribution < -0.4 is 10.1 Å². The largest absolute Gasteiger partial charge is 0.506 e. The molecule has 164 valence electrons. The number of allylic oxidation sites excluding steroid dienone is 1. The topological polar surface area (TPSA) is 92.5 Å². The summed E-state index contributed by atoms with van der Waals surface area (Å²) in [6.45, 7) is 11.8. The van der Waals surface area contributed by atoms with Crippen LogP contribution in [-0.2, 0) is 0 Å². The van der Waals surface area contributed by atoms with Crippen LogP contribution in [0.4, 0.5) is 0 Å². The number of nitrogens with zero attached hydrogens (tertiary/aromatic N) is 4. The summed E-state index contributed by atoms with van der Waals surface area (Å²) in [6, 6.07) is 5.27. The maximum atomic E-state index is 10.5. The Morgan fingerprint density at radius 1 is 1.16 bits per heavy atom. The van der Waals surface area contributed by atoms with Crippen LogP contribution in [0.15, 0.2) is 35.5 Å². The second kappa shape index (κ2) is 8.04. The number of hydrogen-bond donors (Lipinski definition) is 2. The van der Waals surface area contributed by atoms with E-state index in [1.165, 1.54) is 0 Å². The van der Waals surface area contributed by atoms with E-state index in [2.05, 4.69) is 66.2 Å². The molecule has 7 heteroatoms. The molecular weight excluding hydrogens is 390 g/mol. The van der Waals surface area contributed by atoms with Crippen LogP contribution in [0.2, 0.25) is 0 Å². The number of aromatic nitrogens is 3. The van der Waals surface area contributed by atoms with Crippen molar-refractivity contribution in [1.29, 1.82) is 0 Å². The van der Waals surface area contributed by atoms with Gasteiger partial charge in [0.2, 0.25) is 5.88 Å². The summed E-state index contributed by atoms with van der Waals surface area (Å²) in [4.78, 5) is 8.70. The second-order valence-electron chi connectivity index (χ2n) is 9.71. The molecule has 1 fully saturated rings. The van der Waals surface area contributed by atoms with E-state index in [1.54, 1.807) is 24.4 Å². The second-order valence-corrected chi connectivity index (χ2v) is 9.71. The van der Waals surface area contributed by atoms with E-state index in [-0.39, 0.29) is 22.9 Å². The number of aromatic hydroxyl groups is 1. The third kappa shape index (κ3) is 4.61. The first kappa shape index (κ1) is 21.4. The SMILES string of the molecule is C[C@H]1[C@@H](Oc2ccc(-c3ncc(C4=CCCN=C4)cc3O)nn2)CC(C)(C)NC1(C)C. The molecule has 2 N–H and O–H groups in total. The molecule has 0 bridgehead atoms. The summed E-state index contributed by atoms with van der Waals surface area (Å²) >= 11 is 0. The number of hydrogen-bond acceptors (Lipinski definition) is 7. The molecule has 0 unspecified atom stereocenters. The fourth-order valence-electron chi connectivity index (χ4n) is 4.50. The molecule has 2 aliphatic heterocycles. The molecule has 0 amide bonds. The quantitative estimate of drug-likeness (QED) is 0.774. The normalized spacial score (nSPS) is 24.5. The minimum absolute atomic E-state index is 0.0238. The van der Waals surface area contributed by atoms with Gasteiger partial charge in [-0.3, -0.25) is 4.99 Å². The van der Waals surface area contributed by atoms with E-state index < -0.39 is 0 Å². The molecule has 4 rings (SSSR count). The average molecular weight is 422 g/mol. The monoisotopic (exact) mass is 421 g/mol. The molecule has 4 heterocycles. The van der Waals surface area contributed by atoms with E-state index >= 15 is 0 Å². The Balaban J connectivity index is 1.51. The molecule has 2 aromatic rings. The highest BCUT2D eigenvalue weighted by molar-refractivity contribution is 6.10. The van der Waals surface area contributed by atoms with Gasteiger partial charge in [0.15, 0.2) is 0 Å². The number of pyridine rings is 1. The maximum Gasteiger partial charge on any atom is 0.233 e. The van der Waals surface area contributed by atoms with Crippen molar-refractivity contribution in [2.75, 3.05) is 6.54 Å². The molecule has 2 atom stereocenters. The van der Waals surface area contributed by atoms with E-state index in [4.69, 9.17) is 4.74 Å². The van der Waals surface area contributed by atoms with Gasteiger partial charge >= 0.3 is 0 Å². The Kier molecular flexibility index (Phi) is 5.56. The molecule has 0 radical (unpaired) electrons. The van der Waals surface area contributed by atoms with E-state index in [0.29, 0.717) is 23.2 Å². The van der Waals surface area contributed by atoms with Crippen LogP contribution in [0.5, 0.6) is 11.6 Å². The van der Waals surface area contributed by atoms with Gasteiger partial charge in [0.1, 0.15) is 23.2 Å². The minimum Gasteiger partial charge on any atom is -0.506 e. The zero-order valence-corrected chi connectivity index (χ0v) is 18.9. The number of rotatable bonds is 4. The zero-order valence-electron chi connectivity index (χ0n) is 18.9. The van der Waals surface area contributed by atoms with Crippen molar-refractivity contribution in [1.82, 2.24) is 20.5 Å². The van der Waals surface area contributed by atoms with Crippen molar-refractivity contribution in [2.24, 2.45) is 10.9 Å². The molecule has 0 aliphatic carbocycles. The van der Waals surface area contributed by atoms with Crippen LogP contribution in [0.1, 0.15) is 53.0 Å². The Morgan fingerprint density at radius 2 is 1.97 bits per heavy atom. The van der Waals surface area contributed by atoms with Crippen molar-refractivity contribution < 1.29 is 9.84 Å². The van der Waals surface area contributed by atoms with Crippen LogP contribution in [0.25, 0.3) is 17.0 Å². The van der Waals surface area contributed by atoms with Gasteiger partial charge < -0.3 is 15.2 Å². The number of dihydropyridines is 1. The van der Waals surface area contributed by atoms with Gasteiger partial charge in [-0.1, -0.05) is 13.0 Å². The highest BCUT2D eigenvalue weighted by atomic mass is 16.5. The summed E-state index contributed by atoms with van der Waals surface area (Å²) in [5.74, 6) is 0.850.